The molecule has 21 heavy (non-hydrogen) atoms. The van der Waals surface area contributed by atoms with Crippen molar-refractivity contribution in [1.29, 1.82) is 0 Å². The summed E-state index contributed by atoms with van der Waals surface area (Å²) in [6.07, 6.45) is 8.53. The second-order valence-electron chi connectivity index (χ2n) is 5.65. The van der Waals surface area contributed by atoms with Gasteiger partial charge in [-0.15, -0.1) is 0 Å². The van der Waals surface area contributed by atoms with Crippen molar-refractivity contribution in [1.82, 2.24) is 0 Å². The minimum atomic E-state index is -1.28. The van der Waals surface area contributed by atoms with E-state index in [1.165, 1.54) is 25.7 Å². The molecule has 1 atom stereocenters. The van der Waals surface area contributed by atoms with Crippen molar-refractivity contribution in [2.24, 2.45) is 5.73 Å². The van der Waals surface area contributed by atoms with Crippen molar-refractivity contribution in [2.45, 2.75) is 83.1 Å². The third kappa shape index (κ3) is 9.42. The molecule has 0 aliphatic heterocycles. The average molecular weight is 303 g/mol. The Kier molecular flexibility index (Phi) is 10.9. The highest BCUT2D eigenvalue weighted by atomic mass is 17.1. The maximum Gasteiger partial charge on any atom is 0.361 e. The van der Waals surface area contributed by atoms with E-state index in [9.17, 15) is 9.59 Å². The highest BCUT2D eigenvalue weighted by Gasteiger charge is 2.35. The van der Waals surface area contributed by atoms with Crippen molar-refractivity contribution >= 4 is 11.9 Å². The molecule has 0 amide bonds. The molecular weight excluding hydrogens is 274 g/mol. The van der Waals surface area contributed by atoms with Crippen LogP contribution in [0.1, 0.15) is 77.6 Å². The Morgan fingerprint density at radius 3 is 2.05 bits per heavy atom. The number of carboxylic acid groups (broad SMARTS) is 1. The topological polar surface area (TPSA) is 110 Å². The number of carbonyl (C=O) groups is 2. The molecule has 0 radical (unpaired) electrons. The summed E-state index contributed by atoms with van der Waals surface area (Å²) in [6, 6.07) is 0. The van der Waals surface area contributed by atoms with Crippen molar-refractivity contribution in [3.8, 4) is 0 Å². The number of carboxylic acids is 1. The van der Waals surface area contributed by atoms with Crippen molar-refractivity contribution < 1.29 is 24.8 Å². The van der Waals surface area contributed by atoms with Gasteiger partial charge in [0.05, 0.1) is 0 Å². The first kappa shape index (κ1) is 19.9. The molecule has 0 spiro atoms. The molecule has 0 fully saturated rings. The van der Waals surface area contributed by atoms with Crippen LogP contribution < -0.4 is 5.73 Å². The van der Waals surface area contributed by atoms with Gasteiger partial charge in [0.15, 0.2) is 0 Å². The predicted octanol–water partition coefficient (Wildman–Crippen LogP) is 3.10. The van der Waals surface area contributed by atoms with E-state index in [1.807, 2.05) is 0 Å². The standard InChI is InChI=1S/C15H29NO5/c1-2-3-4-5-6-7-8-11-15(16,14(19)21-20)12-9-10-13(17)18/h20H,2-12,16H2,1H3,(H,17,18). The summed E-state index contributed by atoms with van der Waals surface area (Å²) >= 11 is 0. The highest BCUT2D eigenvalue weighted by molar-refractivity contribution is 5.80. The van der Waals surface area contributed by atoms with Crippen LogP contribution in [0.25, 0.3) is 0 Å². The van der Waals surface area contributed by atoms with Crippen LogP contribution >= 0.6 is 0 Å². The molecule has 0 aromatic carbocycles. The van der Waals surface area contributed by atoms with Gasteiger partial charge in [-0.1, -0.05) is 51.9 Å². The molecule has 124 valence electrons. The van der Waals surface area contributed by atoms with Crippen LogP contribution in [0.2, 0.25) is 0 Å². The lowest BCUT2D eigenvalue weighted by atomic mass is 9.87. The lowest BCUT2D eigenvalue weighted by molar-refractivity contribution is -0.241. The summed E-state index contributed by atoms with van der Waals surface area (Å²) in [4.78, 5) is 25.8. The molecule has 0 heterocycles. The van der Waals surface area contributed by atoms with Crippen molar-refractivity contribution in [3.63, 3.8) is 0 Å². The fourth-order valence-corrected chi connectivity index (χ4v) is 2.37. The molecule has 6 nitrogen and oxygen atoms in total. The van der Waals surface area contributed by atoms with E-state index in [-0.39, 0.29) is 19.3 Å². The Balaban J connectivity index is 4.05. The normalized spacial score (nSPS) is 13.7. The minimum absolute atomic E-state index is 0.0469. The largest absolute Gasteiger partial charge is 0.481 e. The van der Waals surface area contributed by atoms with E-state index in [1.54, 1.807) is 0 Å². The molecule has 4 N–H and O–H groups in total. The first-order valence-corrected chi connectivity index (χ1v) is 7.82. The van der Waals surface area contributed by atoms with Crippen molar-refractivity contribution in [3.05, 3.63) is 0 Å². The predicted molar refractivity (Wildman–Crippen MR) is 79.7 cm³/mol. The zero-order chi connectivity index (χ0) is 16.1. The number of hydrogen-bond acceptors (Lipinski definition) is 5. The van der Waals surface area contributed by atoms with Gasteiger partial charge in [-0.3, -0.25) is 9.68 Å². The Morgan fingerprint density at radius 2 is 1.52 bits per heavy atom. The Bertz CT molecular complexity index is 308. The molecular formula is C15H29NO5. The van der Waals surface area contributed by atoms with Crippen LogP contribution in [0.15, 0.2) is 0 Å². The van der Waals surface area contributed by atoms with Crippen LogP contribution in [0.5, 0.6) is 0 Å². The zero-order valence-corrected chi connectivity index (χ0v) is 13.0. The molecule has 0 aromatic heterocycles. The Morgan fingerprint density at radius 1 is 1.00 bits per heavy atom. The van der Waals surface area contributed by atoms with Gasteiger partial charge in [0.25, 0.3) is 0 Å². The van der Waals surface area contributed by atoms with Crippen LogP contribution in [0.3, 0.4) is 0 Å². The van der Waals surface area contributed by atoms with Crippen LogP contribution in [0, 0.1) is 0 Å². The molecule has 1 unspecified atom stereocenters. The Hall–Kier alpha value is -1.14. The number of unbranched alkanes of at least 4 members (excludes halogenated alkanes) is 6. The quantitative estimate of drug-likeness (QED) is 0.274. The second-order valence-corrected chi connectivity index (χ2v) is 5.65. The van der Waals surface area contributed by atoms with Gasteiger partial charge in [0, 0.05) is 6.42 Å². The number of aliphatic carboxylic acids is 1. The van der Waals surface area contributed by atoms with Gasteiger partial charge >= 0.3 is 11.9 Å². The lowest BCUT2D eigenvalue weighted by Gasteiger charge is -2.25. The summed E-state index contributed by atoms with van der Waals surface area (Å²) in [7, 11) is 0. The monoisotopic (exact) mass is 303 g/mol. The summed E-state index contributed by atoms with van der Waals surface area (Å²) < 4.78 is 0. The molecule has 0 bridgehead atoms. The molecule has 6 heteroatoms. The molecule has 0 saturated carbocycles. The second kappa shape index (κ2) is 11.5. The SMILES string of the molecule is CCCCCCCCCC(N)(CCCC(=O)O)C(=O)OO. The van der Waals surface area contributed by atoms with Gasteiger partial charge < -0.3 is 10.8 Å². The van der Waals surface area contributed by atoms with Crippen LogP contribution in [0.4, 0.5) is 0 Å². The number of carbonyl (C=O) groups excluding carboxylic acids is 1. The van der Waals surface area contributed by atoms with E-state index in [0.29, 0.717) is 6.42 Å². The van der Waals surface area contributed by atoms with E-state index < -0.39 is 17.5 Å². The van der Waals surface area contributed by atoms with Gasteiger partial charge in [-0.05, 0) is 19.3 Å². The fraction of sp³-hybridized carbons (Fsp3) is 0.867. The maximum atomic E-state index is 11.6. The fourth-order valence-electron chi connectivity index (χ4n) is 2.37. The summed E-state index contributed by atoms with van der Waals surface area (Å²) in [5.74, 6) is -1.80. The smallest absolute Gasteiger partial charge is 0.361 e. The summed E-state index contributed by atoms with van der Waals surface area (Å²) in [5, 5.41) is 17.1. The average Bonchev–Trinajstić information content (AvgIpc) is 2.45. The summed E-state index contributed by atoms with van der Waals surface area (Å²) in [5.41, 5.74) is 4.69. The van der Waals surface area contributed by atoms with E-state index in [2.05, 4.69) is 11.8 Å². The summed E-state index contributed by atoms with van der Waals surface area (Å²) in [6.45, 7) is 2.17. The van der Waals surface area contributed by atoms with Gasteiger partial charge in [-0.25, -0.2) is 4.79 Å². The number of nitrogens with two attached hydrogens (primary N) is 1. The first-order chi connectivity index (χ1) is 9.96. The number of rotatable bonds is 13. The van der Waals surface area contributed by atoms with Gasteiger partial charge in [0.2, 0.25) is 0 Å². The first-order valence-electron chi connectivity index (χ1n) is 7.82. The lowest BCUT2D eigenvalue weighted by Crippen LogP contribution is -2.48. The van der Waals surface area contributed by atoms with E-state index in [4.69, 9.17) is 16.1 Å². The van der Waals surface area contributed by atoms with E-state index >= 15 is 0 Å². The highest BCUT2D eigenvalue weighted by Crippen LogP contribution is 2.21. The molecule has 0 aliphatic carbocycles. The molecule has 0 saturated heterocycles. The third-order valence-electron chi connectivity index (χ3n) is 3.73. The molecule has 0 aromatic rings. The maximum absolute atomic E-state index is 11.6. The number of hydrogen-bond donors (Lipinski definition) is 3. The minimum Gasteiger partial charge on any atom is -0.481 e. The van der Waals surface area contributed by atoms with Crippen LogP contribution in [-0.4, -0.2) is 27.8 Å². The van der Waals surface area contributed by atoms with Gasteiger partial charge in [-0.2, -0.15) is 5.26 Å². The Labute approximate surface area is 126 Å². The van der Waals surface area contributed by atoms with E-state index in [0.717, 1.165) is 19.3 Å². The zero-order valence-electron chi connectivity index (χ0n) is 13.0. The third-order valence-corrected chi connectivity index (χ3v) is 3.73. The molecule has 0 aliphatic rings. The van der Waals surface area contributed by atoms with Crippen LogP contribution in [-0.2, 0) is 14.5 Å². The van der Waals surface area contributed by atoms with Gasteiger partial charge in [0.1, 0.15) is 5.54 Å². The van der Waals surface area contributed by atoms with Crippen molar-refractivity contribution in [2.75, 3.05) is 0 Å². The molecule has 0 rings (SSSR count).